The van der Waals surface area contributed by atoms with E-state index < -0.39 is 5.97 Å². The monoisotopic (exact) mass is 324 g/mol. The van der Waals surface area contributed by atoms with Crippen molar-refractivity contribution in [2.24, 2.45) is 7.05 Å². The van der Waals surface area contributed by atoms with Crippen LogP contribution >= 0.6 is 15.9 Å². The number of carbonyl (C=O) groups is 1. The summed E-state index contributed by atoms with van der Waals surface area (Å²) in [5.74, 6) is -0.229. The number of nitrogens with zero attached hydrogens (tertiary/aromatic N) is 3. The minimum absolute atomic E-state index is 0.247. The Morgan fingerprint density at radius 2 is 2.32 bits per heavy atom. The smallest absolute Gasteiger partial charge is 0.337 e. The molecule has 0 aliphatic rings. The highest BCUT2D eigenvalue weighted by Crippen LogP contribution is 2.21. The fourth-order valence-electron chi connectivity index (χ4n) is 1.66. The number of benzene rings is 1. The first-order valence-corrected chi connectivity index (χ1v) is 6.47. The molecule has 0 fully saturated rings. The summed E-state index contributed by atoms with van der Waals surface area (Å²) in [7, 11) is 1.81. The van der Waals surface area contributed by atoms with Crippen LogP contribution < -0.4 is 5.32 Å². The lowest BCUT2D eigenvalue weighted by molar-refractivity contribution is 0.0698. The number of halogens is 1. The quantitative estimate of drug-likeness (QED) is 0.878. The zero-order chi connectivity index (χ0) is 13.8. The molecule has 0 radical (unpaired) electrons. The number of rotatable bonds is 5. The van der Waals surface area contributed by atoms with E-state index in [-0.39, 0.29) is 5.56 Å². The van der Waals surface area contributed by atoms with Crippen LogP contribution in [-0.4, -0.2) is 32.4 Å². The molecule has 0 atom stereocenters. The Morgan fingerprint density at radius 3 is 2.95 bits per heavy atom. The summed E-state index contributed by atoms with van der Waals surface area (Å²) >= 11 is 3.32. The number of aromatic carboxylic acids is 1. The summed E-state index contributed by atoms with van der Waals surface area (Å²) in [5.41, 5.74) is 0.829. The van der Waals surface area contributed by atoms with E-state index >= 15 is 0 Å². The predicted octanol–water partition coefficient (Wildman–Crippen LogP) is 1.93. The van der Waals surface area contributed by atoms with Gasteiger partial charge >= 0.3 is 5.97 Å². The average molecular weight is 325 g/mol. The third-order valence-electron chi connectivity index (χ3n) is 2.52. The van der Waals surface area contributed by atoms with Crippen LogP contribution in [-0.2, 0) is 13.5 Å². The van der Waals surface area contributed by atoms with Gasteiger partial charge in [0.2, 0.25) is 0 Å². The average Bonchev–Trinajstić information content (AvgIpc) is 2.75. The van der Waals surface area contributed by atoms with Gasteiger partial charge in [0.25, 0.3) is 0 Å². The lowest BCUT2D eigenvalue weighted by Crippen LogP contribution is -2.10. The molecular formula is C12H13BrN4O2. The van der Waals surface area contributed by atoms with Crippen LogP contribution in [0.5, 0.6) is 0 Å². The summed E-state index contributed by atoms with van der Waals surface area (Å²) in [5, 5.41) is 16.3. The van der Waals surface area contributed by atoms with Gasteiger partial charge in [-0.3, -0.25) is 4.68 Å². The molecule has 0 saturated heterocycles. The van der Waals surface area contributed by atoms with Crippen molar-refractivity contribution in [3.05, 3.63) is 40.4 Å². The maximum Gasteiger partial charge on any atom is 0.337 e. The number of hydrogen-bond donors (Lipinski definition) is 2. The minimum Gasteiger partial charge on any atom is -0.478 e. The molecule has 1 aromatic carbocycles. The molecule has 2 rings (SSSR count). The fraction of sp³-hybridized carbons (Fsp3) is 0.250. The fourth-order valence-corrected chi connectivity index (χ4v) is 2.02. The number of carboxylic acids is 1. The van der Waals surface area contributed by atoms with Crippen LogP contribution in [0.3, 0.4) is 0 Å². The third-order valence-corrected chi connectivity index (χ3v) is 3.02. The Balaban J connectivity index is 2.02. The molecule has 0 bridgehead atoms. The standard InChI is InChI=1S/C12H13BrN4O2/c1-17-7-15-11(16-17)4-5-14-10-6-8(13)2-3-9(10)12(18)19/h2-3,6-7,14H,4-5H2,1H3,(H,18,19). The molecule has 6 nitrogen and oxygen atoms in total. The molecule has 1 heterocycles. The normalized spacial score (nSPS) is 10.4. The summed E-state index contributed by atoms with van der Waals surface area (Å²) < 4.78 is 2.47. The van der Waals surface area contributed by atoms with Crippen LogP contribution in [0.2, 0.25) is 0 Å². The molecule has 0 unspecified atom stereocenters. The molecule has 19 heavy (non-hydrogen) atoms. The van der Waals surface area contributed by atoms with E-state index in [4.69, 9.17) is 5.11 Å². The SMILES string of the molecule is Cn1cnc(CCNc2cc(Br)ccc2C(=O)O)n1. The number of aromatic nitrogens is 3. The second kappa shape index (κ2) is 5.83. The maximum atomic E-state index is 11.1. The zero-order valence-electron chi connectivity index (χ0n) is 10.3. The summed E-state index contributed by atoms with van der Waals surface area (Å²) in [6.45, 7) is 0.570. The van der Waals surface area contributed by atoms with Crippen molar-refractivity contribution in [2.45, 2.75) is 6.42 Å². The number of aryl methyl sites for hydroxylation is 1. The summed E-state index contributed by atoms with van der Waals surface area (Å²) in [6.07, 6.45) is 2.27. The van der Waals surface area contributed by atoms with E-state index in [1.165, 1.54) is 0 Å². The molecule has 0 spiro atoms. The van der Waals surface area contributed by atoms with Crippen molar-refractivity contribution < 1.29 is 9.90 Å². The van der Waals surface area contributed by atoms with Gasteiger partial charge < -0.3 is 10.4 Å². The first-order chi connectivity index (χ1) is 9.06. The second-order valence-corrected chi connectivity index (χ2v) is 4.92. The van der Waals surface area contributed by atoms with E-state index in [2.05, 4.69) is 31.3 Å². The Kier molecular flexibility index (Phi) is 4.16. The predicted molar refractivity (Wildman–Crippen MR) is 74.3 cm³/mol. The van der Waals surface area contributed by atoms with E-state index in [9.17, 15) is 4.79 Å². The lowest BCUT2D eigenvalue weighted by Gasteiger charge is -2.09. The van der Waals surface area contributed by atoms with Gasteiger partial charge in [0.1, 0.15) is 6.33 Å². The number of hydrogen-bond acceptors (Lipinski definition) is 4. The summed E-state index contributed by atoms with van der Waals surface area (Å²) in [4.78, 5) is 15.2. The van der Waals surface area contributed by atoms with Gasteiger partial charge in [0, 0.05) is 30.2 Å². The van der Waals surface area contributed by atoms with E-state index in [0.717, 1.165) is 10.3 Å². The van der Waals surface area contributed by atoms with Gasteiger partial charge in [-0.2, -0.15) is 5.10 Å². The van der Waals surface area contributed by atoms with Gasteiger partial charge in [0.15, 0.2) is 5.82 Å². The first kappa shape index (κ1) is 13.5. The lowest BCUT2D eigenvalue weighted by atomic mass is 10.2. The van der Waals surface area contributed by atoms with Crippen molar-refractivity contribution in [1.29, 1.82) is 0 Å². The molecule has 0 aliphatic carbocycles. The van der Waals surface area contributed by atoms with Crippen LogP contribution in [0.1, 0.15) is 16.2 Å². The molecule has 2 aromatic rings. The number of anilines is 1. The molecule has 2 N–H and O–H groups in total. The Labute approximate surface area is 118 Å². The van der Waals surface area contributed by atoms with Crippen LogP contribution in [0.15, 0.2) is 29.0 Å². The molecule has 0 amide bonds. The number of carboxylic acid groups (broad SMARTS) is 1. The molecule has 7 heteroatoms. The Hall–Kier alpha value is -1.89. The molecular weight excluding hydrogens is 312 g/mol. The highest BCUT2D eigenvalue weighted by Gasteiger charge is 2.10. The van der Waals surface area contributed by atoms with E-state index in [0.29, 0.717) is 18.7 Å². The van der Waals surface area contributed by atoms with Gasteiger partial charge in [-0.05, 0) is 18.2 Å². The van der Waals surface area contributed by atoms with Gasteiger partial charge in [-0.15, -0.1) is 0 Å². The van der Waals surface area contributed by atoms with Crippen molar-refractivity contribution in [3.8, 4) is 0 Å². The summed E-state index contributed by atoms with van der Waals surface area (Å²) in [6, 6.07) is 5.01. The third kappa shape index (κ3) is 3.54. The molecule has 1 aromatic heterocycles. The van der Waals surface area contributed by atoms with E-state index in [1.807, 2.05) is 0 Å². The largest absolute Gasteiger partial charge is 0.478 e. The van der Waals surface area contributed by atoms with Crippen LogP contribution in [0.25, 0.3) is 0 Å². The van der Waals surface area contributed by atoms with E-state index in [1.54, 1.807) is 36.3 Å². The maximum absolute atomic E-state index is 11.1. The van der Waals surface area contributed by atoms with Crippen molar-refractivity contribution in [2.75, 3.05) is 11.9 Å². The van der Waals surface area contributed by atoms with Crippen LogP contribution in [0, 0.1) is 0 Å². The number of nitrogens with one attached hydrogen (secondary N) is 1. The van der Waals surface area contributed by atoms with Gasteiger partial charge in [0.05, 0.1) is 5.56 Å². The van der Waals surface area contributed by atoms with Crippen molar-refractivity contribution in [1.82, 2.24) is 14.8 Å². The first-order valence-electron chi connectivity index (χ1n) is 5.67. The zero-order valence-corrected chi connectivity index (χ0v) is 11.9. The molecule has 100 valence electrons. The highest BCUT2D eigenvalue weighted by molar-refractivity contribution is 9.10. The van der Waals surface area contributed by atoms with Crippen molar-refractivity contribution >= 4 is 27.6 Å². The van der Waals surface area contributed by atoms with Crippen LogP contribution in [0.4, 0.5) is 5.69 Å². The minimum atomic E-state index is -0.953. The molecule has 0 aliphatic heterocycles. The topological polar surface area (TPSA) is 80.0 Å². The van der Waals surface area contributed by atoms with Crippen molar-refractivity contribution in [3.63, 3.8) is 0 Å². The Bertz CT molecular complexity index is 597. The second-order valence-electron chi connectivity index (χ2n) is 4.01. The van der Waals surface area contributed by atoms with Gasteiger partial charge in [-0.25, -0.2) is 9.78 Å². The molecule has 0 saturated carbocycles. The Morgan fingerprint density at radius 1 is 1.53 bits per heavy atom. The highest BCUT2D eigenvalue weighted by atomic mass is 79.9. The van der Waals surface area contributed by atoms with Gasteiger partial charge in [-0.1, -0.05) is 15.9 Å².